The van der Waals surface area contributed by atoms with E-state index in [1.54, 1.807) is 0 Å². The summed E-state index contributed by atoms with van der Waals surface area (Å²) in [6.45, 7) is 0. The quantitative estimate of drug-likeness (QED) is 0.224. The molecule has 12 heteroatoms. The minimum atomic E-state index is -4.98. The van der Waals surface area contributed by atoms with E-state index in [0.29, 0.717) is 0 Å². The second-order valence-corrected chi connectivity index (χ2v) is 4.36. The van der Waals surface area contributed by atoms with Gasteiger partial charge in [-0.25, -0.2) is 0 Å². The van der Waals surface area contributed by atoms with Gasteiger partial charge in [-0.2, -0.15) is 0 Å². The molecule has 0 aromatic rings. The predicted molar refractivity (Wildman–Crippen MR) is 44.4 cm³/mol. The molecule has 0 aromatic heterocycles. The summed E-state index contributed by atoms with van der Waals surface area (Å²) >= 11 is 0. The van der Waals surface area contributed by atoms with Crippen LogP contribution in [0.5, 0.6) is 0 Å². The normalized spacial score (nSPS) is 10.5. The van der Waals surface area contributed by atoms with Crippen molar-refractivity contribution in [2.24, 2.45) is 0 Å². The van der Waals surface area contributed by atoms with Crippen LogP contribution < -0.4 is 0 Å². The zero-order valence-electron chi connectivity index (χ0n) is 4.67. The van der Waals surface area contributed by atoms with Gasteiger partial charge < -0.3 is 32.9 Å². The van der Waals surface area contributed by atoms with E-state index in [1.165, 1.54) is 0 Å². The van der Waals surface area contributed by atoms with Crippen molar-refractivity contribution < 1.29 is 68.5 Å². The number of rotatable bonds is 2. The van der Waals surface area contributed by atoms with Gasteiger partial charge in [0.15, 0.2) is 0 Å². The Morgan fingerprint density at radius 3 is 0.917 bits per heavy atom. The van der Waals surface area contributed by atoms with Crippen LogP contribution >= 0.6 is 0 Å². The van der Waals surface area contributed by atoms with Crippen molar-refractivity contribution in [3.63, 3.8) is 0 Å². The molecular weight excluding hydrogens is 455 g/mol. The summed E-state index contributed by atoms with van der Waals surface area (Å²) < 4.78 is 3.24. The monoisotopic (exact) mass is 467 g/mol. The summed E-state index contributed by atoms with van der Waals surface area (Å²) in [5, 5.41) is 0. The molecule has 0 bridgehead atoms. The standard InChI is InChI=1S/BH3.Ba.La.H6O7Si2.2H/c;;;1-8(2,3)7-9(4,5)6;;/h1H3;;;1-6H;;. The molecule has 69 valence electrons. The molecule has 0 saturated heterocycles. The van der Waals surface area contributed by atoms with E-state index in [2.05, 4.69) is 4.12 Å². The van der Waals surface area contributed by atoms with Crippen LogP contribution in [0.25, 0.3) is 0 Å². The van der Waals surface area contributed by atoms with Gasteiger partial charge in [0.1, 0.15) is 0 Å². The van der Waals surface area contributed by atoms with Crippen LogP contribution in [0.3, 0.4) is 0 Å². The molecule has 0 rings (SSSR count). The molecule has 7 nitrogen and oxygen atoms in total. The zero-order chi connectivity index (χ0) is 7.71. The molecule has 0 saturated carbocycles. The molecular formula is H11BBaLaO7Si2. The van der Waals surface area contributed by atoms with Crippen LogP contribution in [0.4, 0.5) is 0 Å². The van der Waals surface area contributed by atoms with Gasteiger partial charge in [0, 0.05) is 35.6 Å². The Bertz CT molecular complexity index is 86.6. The van der Waals surface area contributed by atoms with E-state index in [-0.39, 0.29) is 92.9 Å². The SMILES string of the molecule is B.O[Si](O)(O)O[Si](O)(O)O.[BaH2].[La]. The molecule has 6 N–H and O–H groups in total. The third kappa shape index (κ3) is 23.1. The van der Waals surface area contributed by atoms with Crippen LogP contribution in [-0.4, -0.2) is 104 Å². The minimum absolute atomic E-state index is 0. The first kappa shape index (κ1) is 24.3. The van der Waals surface area contributed by atoms with Gasteiger partial charge in [-0.3, -0.25) is 0 Å². The van der Waals surface area contributed by atoms with Gasteiger partial charge in [-0.05, 0) is 0 Å². The van der Waals surface area contributed by atoms with Crippen LogP contribution in [0.1, 0.15) is 0 Å². The Labute approximate surface area is 141 Å². The Hall–Kier alpha value is 2.98. The summed E-state index contributed by atoms with van der Waals surface area (Å²) in [5.74, 6) is 0. The molecule has 0 fully saturated rings. The van der Waals surface area contributed by atoms with Crippen LogP contribution in [0, 0.1) is 35.6 Å². The van der Waals surface area contributed by atoms with Crippen molar-refractivity contribution in [1.82, 2.24) is 0 Å². The van der Waals surface area contributed by atoms with Crippen molar-refractivity contribution >= 4 is 75.4 Å². The summed E-state index contributed by atoms with van der Waals surface area (Å²) in [4.78, 5) is 47.6. The molecule has 0 amide bonds. The van der Waals surface area contributed by atoms with E-state index in [4.69, 9.17) is 28.8 Å². The van der Waals surface area contributed by atoms with Gasteiger partial charge in [-0.1, -0.05) is 0 Å². The van der Waals surface area contributed by atoms with Crippen molar-refractivity contribution in [3.8, 4) is 0 Å². The van der Waals surface area contributed by atoms with Gasteiger partial charge >= 0.3 is 67.0 Å². The van der Waals surface area contributed by atoms with Gasteiger partial charge in [0.05, 0.1) is 8.41 Å². The molecule has 12 heavy (non-hydrogen) atoms. The Kier molecular flexibility index (Phi) is 18.7. The minimum Gasteiger partial charge on any atom is 0 e. The van der Waals surface area contributed by atoms with E-state index in [9.17, 15) is 0 Å². The summed E-state index contributed by atoms with van der Waals surface area (Å²) in [5.41, 5.74) is 0. The smallest absolute Gasteiger partial charge is 0 e. The zero-order valence-corrected chi connectivity index (χ0v) is 10.3. The average molecular weight is 466 g/mol. The van der Waals surface area contributed by atoms with Crippen molar-refractivity contribution in [2.75, 3.05) is 0 Å². The summed E-state index contributed by atoms with van der Waals surface area (Å²) in [6, 6.07) is 0. The maximum absolute atomic E-state index is 7.94. The fraction of sp³-hybridized carbons (Fsp3) is 0. The van der Waals surface area contributed by atoms with Crippen molar-refractivity contribution in [2.45, 2.75) is 0 Å². The topological polar surface area (TPSA) is 131 Å². The summed E-state index contributed by atoms with van der Waals surface area (Å²) in [7, 11) is -9.96. The predicted octanol–water partition coefficient (Wildman–Crippen LogP) is -6.27. The molecule has 0 unspecified atom stereocenters. The first-order chi connectivity index (χ1) is 3.71. The van der Waals surface area contributed by atoms with Crippen LogP contribution in [0.15, 0.2) is 0 Å². The van der Waals surface area contributed by atoms with Gasteiger partial charge in [0.25, 0.3) is 0 Å². The molecule has 1 radical (unpaired) electrons. The van der Waals surface area contributed by atoms with Crippen molar-refractivity contribution in [1.29, 1.82) is 0 Å². The average Bonchev–Trinajstić information content (AvgIpc) is 1.14. The summed E-state index contributed by atoms with van der Waals surface area (Å²) in [6.07, 6.45) is 0. The molecule has 0 aromatic carbocycles. The molecule has 0 atom stereocenters. The first-order valence-electron chi connectivity index (χ1n) is 1.75. The molecule has 0 heterocycles. The van der Waals surface area contributed by atoms with E-state index < -0.39 is 18.1 Å². The largest absolute Gasteiger partial charge is 0 e. The maximum atomic E-state index is 7.94. The first-order valence-corrected chi connectivity index (χ1v) is 5.25. The van der Waals surface area contributed by atoms with Gasteiger partial charge in [0.2, 0.25) is 0 Å². The number of hydrogen-bond acceptors (Lipinski definition) is 7. The third-order valence-corrected chi connectivity index (χ3v) is 2.46. The second-order valence-electron chi connectivity index (χ2n) is 1.25. The molecule has 0 spiro atoms. The fourth-order valence-corrected chi connectivity index (χ4v) is 1.65. The van der Waals surface area contributed by atoms with Crippen LogP contribution in [-0.2, 0) is 4.12 Å². The Morgan fingerprint density at radius 1 is 0.750 bits per heavy atom. The molecule has 0 aliphatic rings. The fourth-order valence-electron chi connectivity index (χ4n) is 0.184. The Balaban J connectivity index is -0.000000107. The third-order valence-electron chi connectivity index (χ3n) is 0.274. The molecule has 0 aliphatic carbocycles. The molecule has 0 aliphatic heterocycles. The van der Waals surface area contributed by atoms with Crippen LogP contribution in [0.2, 0.25) is 0 Å². The van der Waals surface area contributed by atoms with E-state index in [0.717, 1.165) is 0 Å². The van der Waals surface area contributed by atoms with Gasteiger partial charge in [-0.15, -0.1) is 0 Å². The number of hydrogen-bond donors (Lipinski definition) is 6. The maximum Gasteiger partial charge on any atom is 0 e. The van der Waals surface area contributed by atoms with E-state index in [1.807, 2.05) is 0 Å². The Morgan fingerprint density at radius 2 is 0.917 bits per heavy atom. The second kappa shape index (κ2) is 9.23. The van der Waals surface area contributed by atoms with E-state index >= 15 is 0 Å². The van der Waals surface area contributed by atoms with Crippen molar-refractivity contribution in [3.05, 3.63) is 0 Å².